The quantitative estimate of drug-likeness (QED) is 0.841. The van der Waals surface area contributed by atoms with Crippen LogP contribution in [0.3, 0.4) is 0 Å². The van der Waals surface area contributed by atoms with Crippen LogP contribution in [0.25, 0.3) is 0 Å². The molecule has 1 heterocycles. The number of aliphatic hydroxyl groups is 1. The number of hydrogen-bond acceptors (Lipinski definition) is 3. The maximum atomic E-state index is 14.4. The Morgan fingerprint density at radius 2 is 2.30 bits per heavy atom. The summed E-state index contributed by atoms with van der Waals surface area (Å²) in [5.74, 6) is -0.138. The van der Waals surface area contributed by atoms with Gasteiger partial charge in [0, 0.05) is 25.2 Å². The van der Waals surface area contributed by atoms with Crippen LogP contribution in [0.15, 0.2) is 18.2 Å². The van der Waals surface area contributed by atoms with Gasteiger partial charge in [0.2, 0.25) is 0 Å². The second-order valence-electron chi connectivity index (χ2n) is 5.58. The molecular weight excluding hydrogens is 255 g/mol. The molecule has 0 amide bonds. The highest BCUT2D eigenvalue weighted by molar-refractivity contribution is 5.51. The van der Waals surface area contributed by atoms with Crippen LogP contribution in [0, 0.1) is 5.82 Å². The number of halogens is 1. The molecule has 1 aliphatic rings. The van der Waals surface area contributed by atoms with Crippen LogP contribution in [0.1, 0.15) is 44.2 Å². The van der Waals surface area contributed by atoms with Gasteiger partial charge in [0.25, 0.3) is 0 Å². The van der Waals surface area contributed by atoms with Gasteiger partial charge >= 0.3 is 0 Å². The van der Waals surface area contributed by atoms with E-state index in [9.17, 15) is 4.39 Å². The Balaban J connectivity index is 2.15. The van der Waals surface area contributed by atoms with Crippen molar-refractivity contribution in [1.82, 2.24) is 5.32 Å². The first kappa shape index (κ1) is 15.3. The molecule has 0 aromatic heterocycles. The van der Waals surface area contributed by atoms with E-state index in [1.165, 1.54) is 0 Å². The number of anilines is 1. The Hall–Kier alpha value is -1.13. The molecule has 1 fully saturated rings. The fourth-order valence-corrected chi connectivity index (χ4v) is 2.97. The average molecular weight is 280 g/mol. The molecule has 1 saturated heterocycles. The van der Waals surface area contributed by atoms with E-state index in [1.54, 1.807) is 6.07 Å². The summed E-state index contributed by atoms with van der Waals surface area (Å²) in [6, 6.07) is 6.06. The van der Waals surface area contributed by atoms with Crippen molar-refractivity contribution in [3.05, 3.63) is 29.6 Å². The molecule has 112 valence electrons. The molecule has 1 aliphatic heterocycles. The molecule has 0 radical (unpaired) electrons. The topological polar surface area (TPSA) is 35.5 Å². The van der Waals surface area contributed by atoms with Gasteiger partial charge in [-0.3, -0.25) is 0 Å². The molecule has 0 saturated carbocycles. The van der Waals surface area contributed by atoms with E-state index in [-0.39, 0.29) is 18.5 Å². The van der Waals surface area contributed by atoms with E-state index in [4.69, 9.17) is 5.11 Å². The maximum Gasteiger partial charge on any atom is 0.146 e. The minimum Gasteiger partial charge on any atom is -0.396 e. The number of hydrogen-bond donors (Lipinski definition) is 2. The molecule has 20 heavy (non-hydrogen) atoms. The van der Waals surface area contributed by atoms with E-state index < -0.39 is 0 Å². The molecule has 2 atom stereocenters. The third-order valence-electron chi connectivity index (χ3n) is 4.29. The van der Waals surface area contributed by atoms with Crippen LogP contribution in [0.2, 0.25) is 0 Å². The van der Waals surface area contributed by atoms with Gasteiger partial charge in [-0.25, -0.2) is 4.39 Å². The van der Waals surface area contributed by atoms with Crippen molar-refractivity contribution in [3.63, 3.8) is 0 Å². The lowest BCUT2D eigenvalue weighted by Gasteiger charge is -2.27. The summed E-state index contributed by atoms with van der Waals surface area (Å²) >= 11 is 0. The van der Waals surface area contributed by atoms with Crippen LogP contribution in [-0.2, 0) is 0 Å². The monoisotopic (exact) mass is 280 g/mol. The van der Waals surface area contributed by atoms with E-state index >= 15 is 0 Å². The molecule has 4 heteroatoms. The minimum atomic E-state index is -0.138. The van der Waals surface area contributed by atoms with Crippen molar-refractivity contribution in [1.29, 1.82) is 0 Å². The highest BCUT2D eigenvalue weighted by Crippen LogP contribution is 2.31. The van der Waals surface area contributed by atoms with Gasteiger partial charge < -0.3 is 15.3 Å². The highest BCUT2D eigenvalue weighted by atomic mass is 19.1. The number of nitrogens with one attached hydrogen (secondary N) is 1. The standard InChI is InChI=1S/C16H25FN2O/c1-12(18-2)13-7-8-16(15(17)11-13)19-9-3-5-14(19)6-4-10-20/h7-8,11-12,14,18,20H,3-6,9-10H2,1-2H3. The number of rotatable bonds is 6. The highest BCUT2D eigenvalue weighted by Gasteiger charge is 2.26. The Kier molecular flexibility index (Phi) is 5.38. The molecule has 2 unspecified atom stereocenters. The normalized spacial score (nSPS) is 20.4. The molecular formula is C16H25FN2O. The maximum absolute atomic E-state index is 14.4. The Labute approximate surface area is 120 Å². The van der Waals surface area contributed by atoms with E-state index in [0.717, 1.165) is 37.8 Å². The van der Waals surface area contributed by atoms with Crippen molar-refractivity contribution in [2.45, 2.75) is 44.7 Å². The summed E-state index contributed by atoms with van der Waals surface area (Å²) in [5, 5.41) is 12.1. The largest absolute Gasteiger partial charge is 0.396 e. The molecule has 0 bridgehead atoms. The van der Waals surface area contributed by atoms with Crippen molar-refractivity contribution in [3.8, 4) is 0 Å². The third kappa shape index (κ3) is 3.30. The molecule has 3 nitrogen and oxygen atoms in total. The molecule has 1 aromatic carbocycles. The number of nitrogens with zero attached hydrogens (tertiary/aromatic N) is 1. The predicted molar refractivity (Wildman–Crippen MR) is 80.6 cm³/mol. The van der Waals surface area contributed by atoms with Crippen molar-refractivity contribution in [2.75, 3.05) is 25.1 Å². The van der Waals surface area contributed by atoms with Crippen LogP contribution in [0.4, 0.5) is 10.1 Å². The van der Waals surface area contributed by atoms with Gasteiger partial charge in [0.1, 0.15) is 5.82 Å². The summed E-state index contributed by atoms with van der Waals surface area (Å²) in [6.45, 7) is 3.15. The lowest BCUT2D eigenvalue weighted by molar-refractivity contribution is 0.279. The van der Waals surface area contributed by atoms with E-state index in [1.807, 2.05) is 26.1 Å². The minimum absolute atomic E-state index is 0.138. The lowest BCUT2D eigenvalue weighted by Crippen LogP contribution is -2.30. The van der Waals surface area contributed by atoms with Crippen LogP contribution in [-0.4, -0.2) is 31.3 Å². The van der Waals surface area contributed by atoms with Gasteiger partial charge in [0.15, 0.2) is 0 Å². The summed E-state index contributed by atoms with van der Waals surface area (Å²) < 4.78 is 14.4. The average Bonchev–Trinajstić information content (AvgIpc) is 2.92. The Bertz CT molecular complexity index is 438. The van der Waals surface area contributed by atoms with Crippen LogP contribution in [0.5, 0.6) is 0 Å². The van der Waals surface area contributed by atoms with E-state index in [0.29, 0.717) is 11.7 Å². The summed E-state index contributed by atoms with van der Waals surface area (Å²) in [7, 11) is 1.88. The van der Waals surface area contributed by atoms with Crippen LogP contribution >= 0.6 is 0 Å². The summed E-state index contributed by atoms with van der Waals surface area (Å²) in [5.41, 5.74) is 1.68. The van der Waals surface area contributed by atoms with Gasteiger partial charge in [-0.1, -0.05) is 6.07 Å². The van der Waals surface area contributed by atoms with Crippen LogP contribution < -0.4 is 10.2 Å². The lowest BCUT2D eigenvalue weighted by atomic mass is 10.1. The van der Waals surface area contributed by atoms with Gasteiger partial charge in [-0.05, 0) is 57.4 Å². The SMILES string of the molecule is CNC(C)c1ccc(N2CCCC2CCCO)c(F)c1. The summed E-state index contributed by atoms with van der Waals surface area (Å²) in [6.07, 6.45) is 3.92. The molecule has 0 aliphatic carbocycles. The molecule has 2 N–H and O–H groups in total. The molecule has 2 rings (SSSR count). The Morgan fingerprint density at radius 1 is 1.50 bits per heavy atom. The fourth-order valence-electron chi connectivity index (χ4n) is 2.97. The van der Waals surface area contributed by atoms with Crippen molar-refractivity contribution >= 4 is 5.69 Å². The second-order valence-corrected chi connectivity index (χ2v) is 5.58. The predicted octanol–water partition coefficient (Wildman–Crippen LogP) is 2.85. The second kappa shape index (κ2) is 7.04. The third-order valence-corrected chi connectivity index (χ3v) is 4.29. The van der Waals surface area contributed by atoms with Crippen molar-refractivity contribution in [2.24, 2.45) is 0 Å². The number of aliphatic hydroxyl groups excluding tert-OH is 1. The molecule has 0 spiro atoms. The molecule has 1 aromatic rings. The summed E-state index contributed by atoms with van der Waals surface area (Å²) in [4.78, 5) is 2.17. The first-order valence-corrected chi connectivity index (χ1v) is 7.51. The van der Waals surface area contributed by atoms with Gasteiger partial charge in [-0.2, -0.15) is 0 Å². The first-order chi connectivity index (χ1) is 9.67. The zero-order valence-electron chi connectivity index (χ0n) is 12.4. The first-order valence-electron chi connectivity index (χ1n) is 7.51. The van der Waals surface area contributed by atoms with Gasteiger partial charge in [-0.15, -0.1) is 0 Å². The smallest absolute Gasteiger partial charge is 0.146 e. The zero-order chi connectivity index (χ0) is 14.5. The van der Waals surface area contributed by atoms with Crippen molar-refractivity contribution < 1.29 is 9.50 Å². The fraction of sp³-hybridized carbons (Fsp3) is 0.625. The zero-order valence-corrected chi connectivity index (χ0v) is 12.4. The number of benzene rings is 1. The van der Waals surface area contributed by atoms with Gasteiger partial charge in [0.05, 0.1) is 5.69 Å². The Morgan fingerprint density at radius 3 is 2.95 bits per heavy atom. The van der Waals surface area contributed by atoms with E-state index in [2.05, 4.69) is 10.2 Å².